The first-order valence-corrected chi connectivity index (χ1v) is 15.1. The fourth-order valence-electron chi connectivity index (χ4n) is 5.78. The fourth-order valence-corrected chi connectivity index (χ4v) is 11.1. The summed E-state index contributed by atoms with van der Waals surface area (Å²) in [6, 6.07) is 7.99. The summed E-state index contributed by atoms with van der Waals surface area (Å²) in [5.74, 6) is 0.761. The van der Waals surface area contributed by atoms with Crippen molar-refractivity contribution in [3.63, 3.8) is 0 Å². The molecule has 35 heavy (non-hydrogen) atoms. The normalized spacial score (nSPS) is 16.4. The van der Waals surface area contributed by atoms with Crippen LogP contribution in [0.25, 0.3) is 5.57 Å². The summed E-state index contributed by atoms with van der Waals surface area (Å²) in [6.07, 6.45) is 5.56. The number of nitrogens with two attached hydrogens (primary N) is 1. The number of amides is 1. The third-order valence-corrected chi connectivity index (χ3v) is 13.7. The Morgan fingerprint density at radius 1 is 1.11 bits per heavy atom. The van der Waals surface area contributed by atoms with Crippen LogP contribution in [-0.2, 0) is 0 Å². The van der Waals surface area contributed by atoms with Gasteiger partial charge in [-0.1, -0.05) is 54.5 Å². The van der Waals surface area contributed by atoms with Crippen LogP contribution in [-0.4, -0.2) is 30.2 Å². The standard InChI is InChI=1S/C29H43N3O2Si/c1-10-25-14-24(23-12-11-22(9)31-16-23)17-32(25)29(33)26-13-21(8)28(15-27(26)30)34-35(18(2)3,19(4)5)20(6)7/h11-13,15-20,25H,10,14,30H2,1-9H3/t25-/m1/s1. The molecule has 0 saturated carbocycles. The average Bonchev–Trinajstić information content (AvgIpc) is 3.23. The number of carbonyl (C=O) groups excluding carboxylic acids is 1. The van der Waals surface area contributed by atoms with E-state index in [1.807, 2.05) is 49.3 Å². The van der Waals surface area contributed by atoms with Gasteiger partial charge in [-0.2, -0.15) is 0 Å². The molecule has 1 aromatic heterocycles. The molecule has 3 rings (SSSR count). The molecular weight excluding hydrogens is 450 g/mol. The van der Waals surface area contributed by atoms with Crippen LogP contribution in [0.3, 0.4) is 0 Å². The first-order chi connectivity index (χ1) is 16.4. The lowest BCUT2D eigenvalue weighted by Gasteiger charge is -2.42. The maximum Gasteiger partial charge on any atom is 0.260 e. The second-order valence-corrected chi connectivity index (χ2v) is 16.3. The van der Waals surface area contributed by atoms with Crippen LogP contribution in [0.2, 0.25) is 16.6 Å². The molecule has 0 saturated heterocycles. The highest BCUT2D eigenvalue weighted by Crippen LogP contribution is 2.44. The van der Waals surface area contributed by atoms with Crippen molar-refractivity contribution < 1.29 is 9.22 Å². The van der Waals surface area contributed by atoms with Gasteiger partial charge in [0, 0.05) is 35.9 Å². The van der Waals surface area contributed by atoms with Crippen molar-refractivity contribution in [2.24, 2.45) is 0 Å². The number of carbonyl (C=O) groups is 1. The van der Waals surface area contributed by atoms with Gasteiger partial charge in [0.2, 0.25) is 0 Å². The minimum Gasteiger partial charge on any atom is -0.542 e. The highest BCUT2D eigenvalue weighted by Gasteiger charge is 2.47. The highest BCUT2D eigenvalue weighted by molar-refractivity contribution is 6.78. The number of nitrogens with zero attached hydrogens (tertiary/aromatic N) is 2. The van der Waals surface area contributed by atoms with Gasteiger partial charge < -0.3 is 15.1 Å². The quantitative estimate of drug-likeness (QED) is 0.305. The number of benzene rings is 1. The molecule has 190 valence electrons. The van der Waals surface area contributed by atoms with Crippen molar-refractivity contribution >= 4 is 25.5 Å². The van der Waals surface area contributed by atoms with Gasteiger partial charge in [0.25, 0.3) is 14.2 Å². The summed E-state index contributed by atoms with van der Waals surface area (Å²) in [6.45, 7) is 19.8. The number of nitrogen functional groups attached to an aromatic ring is 1. The van der Waals surface area contributed by atoms with Crippen LogP contribution < -0.4 is 10.2 Å². The fraction of sp³-hybridized carbons (Fsp3) is 0.517. The summed E-state index contributed by atoms with van der Waals surface area (Å²) in [5.41, 5.74) is 13.0. The number of rotatable bonds is 8. The minimum absolute atomic E-state index is 0.0563. The highest BCUT2D eigenvalue weighted by atomic mass is 28.4. The molecule has 0 aliphatic carbocycles. The van der Waals surface area contributed by atoms with E-state index >= 15 is 0 Å². The Morgan fingerprint density at radius 3 is 2.26 bits per heavy atom. The summed E-state index contributed by atoms with van der Waals surface area (Å²) in [7, 11) is -2.13. The molecule has 2 aromatic rings. The monoisotopic (exact) mass is 493 g/mol. The van der Waals surface area contributed by atoms with Crippen LogP contribution in [0.5, 0.6) is 5.75 Å². The van der Waals surface area contributed by atoms with Gasteiger partial charge in [-0.15, -0.1) is 0 Å². The molecule has 0 fully saturated rings. The van der Waals surface area contributed by atoms with E-state index in [-0.39, 0.29) is 11.9 Å². The van der Waals surface area contributed by atoms with Crippen molar-refractivity contribution in [3.8, 4) is 5.75 Å². The molecule has 1 aliphatic rings. The van der Waals surface area contributed by atoms with Crippen molar-refractivity contribution in [3.05, 3.63) is 59.0 Å². The van der Waals surface area contributed by atoms with E-state index in [2.05, 4.69) is 59.5 Å². The Labute approximate surface area is 212 Å². The number of anilines is 1. The van der Waals surface area contributed by atoms with E-state index in [4.69, 9.17) is 10.2 Å². The van der Waals surface area contributed by atoms with Gasteiger partial charge in [0.05, 0.1) is 5.56 Å². The van der Waals surface area contributed by atoms with Gasteiger partial charge in [-0.25, -0.2) is 0 Å². The number of pyridine rings is 1. The summed E-state index contributed by atoms with van der Waals surface area (Å²) in [4.78, 5) is 20.0. The molecular formula is C29H43N3O2Si. The molecule has 2 N–H and O–H groups in total. The molecule has 1 amide bonds. The van der Waals surface area contributed by atoms with Crippen molar-refractivity contribution in [2.75, 3.05) is 5.73 Å². The Kier molecular flexibility index (Phi) is 8.15. The zero-order valence-electron chi connectivity index (χ0n) is 23.0. The lowest BCUT2D eigenvalue weighted by molar-refractivity contribution is 0.0783. The van der Waals surface area contributed by atoms with Crippen molar-refractivity contribution in [1.29, 1.82) is 0 Å². The zero-order valence-corrected chi connectivity index (χ0v) is 24.0. The van der Waals surface area contributed by atoms with Crippen molar-refractivity contribution in [2.45, 2.75) is 97.8 Å². The van der Waals surface area contributed by atoms with Gasteiger partial charge in [0.15, 0.2) is 0 Å². The Balaban J connectivity index is 1.95. The maximum absolute atomic E-state index is 13.7. The lowest BCUT2D eigenvalue weighted by atomic mass is 10.0. The van der Waals surface area contributed by atoms with Crippen LogP contribution in [0.15, 0.2) is 36.7 Å². The van der Waals surface area contributed by atoms with E-state index in [1.165, 1.54) is 0 Å². The van der Waals surface area contributed by atoms with E-state index in [1.54, 1.807) is 0 Å². The van der Waals surface area contributed by atoms with E-state index in [0.29, 0.717) is 27.9 Å². The predicted molar refractivity (Wildman–Crippen MR) is 149 cm³/mol. The molecule has 1 aliphatic heterocycles. The van der Waals surface area contributed by atoms with Gasteiger partial charge in [-0.05, 0) is 72.1 Å². The topological polar surface area (TPSA) is 68.5 Å². The molecule has 5 nitrogen and oxygen atoms in total. The van der Waals surface area contributed by atoms with Crippen molar-refractivity contribution in [1.82, 2.24) is 9.88 Å². The molecule has 1 aromatic carbocycles. The van der Waals surface area contributed by atoms with Crippen LogP contribution in [0.1, 0.15) is 88.5 Å². The van der Waals surface area contributed by atoms with Gasteiger partial charge in [0.1, 0.15) is 5.75 Å². The molecule has 0 bridgehead atoms. The number of aryl methyl sites for hydroxylation is 2. The molecule has 2 heterocycles. The number of hydrogen-bond donors (Lipinski definition) is 1. The summed E-state index contributed by atoms with van der Waals surface area (Å²) >= 11 is 0. The first-order valence-electron chi connectivity index (χ1n) is 13.0. The van der Waals surface area contributed by atoms with Crippen LogP contribution in [0.4, 0.5) is 5.69 Å². The molecule has 1 atom stereocenters. The van der Waals surface area contributed by atoms with Gasteiger partial charge in [-0.3, -0.25) is 9.78 Å². The molecule has 6 heteroatoms. The zero-order chi connectivity index (χ0) is 26.1. The second kappa shape index (κ2) is 10.6. The van der Waals surface area contributed by atoms with E-state index in [0.717, 1.165) is 41.0 Å². The van der Waals surface area contributed by atoms with Crippen LogP contribution >= 0.6 is 0 Å². The largest absolute Gasteiger partial charge is 0.542 e. The molecule has 0 spiro atoms. The SMILES string of the molecule is CC[C@@H]1CC(c2ccc(C)nc2)=CN1C(=O)c1cc(C)c(O[Si](C(C)C)(C(C)C)C(C)C)cc1N. The summed E-state index contributed by atoms with van der Waals surface area (Å²) < 4.78 is 6.90. The van der Waals surface area contributed by atoms with Gasteiger partial charge >= 0.3 is 0 Å². The average molecular weight is 494 g/mol. The molecule has 0 radical (unpaired) electrons. The predicted octanol–water partition coefficient (Wildman–Crippen LogP) is 7.50. The maximum atomic E-state index is 13.7. The van der Waals surface area contributed by atoms with E-state index < -0.39 is 8.32 Å². The number of aromatic nitrogens is 1. The Morgan fingerprint density at radius 2 is 1.74 bits per heavy atom. The first kappa shape index (κ1) is 27.0. The Hall–Kier alpha value is -2.60. The smallest absolute Gasteiger partial charge is 0.260 e. The third kappa shape index (κ3) is 5.18. The second-order valence-electron chi connectivity index (χ2n) is 10.9. The molecule has 0 unspecified atom stereocenters. The van der Waals surface area contributed by atoms with E-state index in [9.17, 15) is 4.79 Å². The third-order valence-electron chi connectivity index (χ3n) is 7.70. The Bertz CT molecular complexity index is 1070. The summed E-state index contributed by atoms with van der Waals surface area (Å²) in [5, 5.41) is 0. The lowest BCUT2D eigenvalue weighted by Crippen LogP contribution is -2.50. The number of hydrogen-bond acceptors (Lipinski definition) is 4. The van der Waals surface area contributed by atoms with Crippen LogP contribution in [0, 0.1) is 13.8 Å². The minimum atomic E-state index is -2.13.